The number of esters is 1. The fraction of sp³-hybridized carbons (Fsp3) is 0.565. The largest absolute Gasteiger partial charge is 0.464 e. The fourth-order valence-corrected chi connectivity index (χ4v) is 4.61. The maximum Gasteiger partial charge on any atom is 0.408 e. The van der Waals surface area contributed by atoms with Crippen molar-refractivity contribution in [2.75, 3.05) is 12.4 Å². The van der Waals surface area contributed by atoms with E-state index in [1.807, 2.05) is 30.3 Å². The monoisotopic (exact) mass is 419 g/mol. The summed E-state index contributed by atoms with van der Waals surface area (Å²) in [5.41, 5.74) is 2.37. The van der Waals surface area contributed by atoms with Gasteiger partial charge in [0.15, 0.2) is 0 Å². The molecule has 0 fully saturated rings. The van der Waals surface area contributed by atoms with Gasteiger partial charge in [0.1, 0.15) is 12.6 Å². The molecule has 6 heteroatoms. The molecule has 5 nitrogen and oxygen atoms in total. The molecule has 0 aromatic heterocycles. The molecule has 1 aromatic rings. The standard InChI is InChI=1S/C23H33NO4S/c1-5-27-22(25)20(24-23(26)28-14-18-9-7-6-8-10-18)15-29-21-13-19(16(2)3)12-11-17(21)4/h6-10,13,16-17,20-21H,5,11-12,14-15H2,1-4H3,(H,24,26)/t17?,20-,21?/m0/s1. The van der Waals surface area contributed by atoms with E-state index in [2.05, 4.69) is 32.2 Å². The first-order valence-electron chi connectivity index (χ1n) is 10.4. The minimum Gasteiger partial charge on any atom is -0.464 e. The van der Waals surface area contributed by atoms with E-state index >= 15 is 0 Å². The smallest absolute Gasteiger partial charge is 0.408 e. The topological polar surface area (TPSA) is 64.6 Å². The van der Waals surface area contributed by atoms with Gasteiger partial charge in [0.25, 0.3) is 0 Å². The Balaban J connectivity index is 1.94. The van der Waals surface area contributed by atoms with Crippen LogP contribution in [-0.4, -0.2) is 35.7 Å². The molecule has 1 amide bonds. The number of ether oxygens (including phenoxy) is 2. The second-order valence-electron chi connectivity index (χ2n) is 7.72. The Labute approximate surface area is 178 Å². The molecule has 2 rings (SSSR count). The number of alkyl carbamates (subject to hydrolysis) is 1. The molecular formula is C23H33NO4S. The molecule has 0 radical (unpaired) electrons. The van der Waals surface area contributed by atoms with Gasteiger partial charge in [-0.3, -0.25) is 0 Å². The molecule has 2 unspecified atom stereocenters. The van der Waals surface area contributed by atoms with Crippen molar-refractivity contribution >= 4 is 23.8 Å². The third-order valence-corrected chi connectivity index (χ3v) is 6.61. The number of hydrogen-bond acceptors (Lipinski definition) is 5. The maximum atomic E-state index is 12.4. The summed E-state index contributed by atoms with van der Waals surface area (Å²) < 4.78 is 10.4. The van der Waals surface area contributed by atoms with E-state index in [1.165, 1.54) is 5.57 Å². The van der Waals surface area contributed by atoms with Crippen LogP contribution in [0.2, 0.25) is 0 Å². The van der Waals surface area contributed by atoms with Crippen LogP contribution < -0.4 is 5.32 Å². The highest BCUT2D eigenvalue weighted by Gasteiger charge is 2.28. The van der Waals surface area contributed by atoms with Crippen molar-refractivity contribution in [3.63, 3.8) is 0 Å². The number of amides is 1. The van der Waals surface area contributed by atoms with Crippen LogP contribution in [0, 0.1) is 11.8 Å². The first kappa shape index (κ1) is 23.3. The number of nitrogens with one attached hydrogen (secondary N) is 1. The summed E-state index contributed by atoms with van der Waals surface area (Å²) in [6.45, 7) is 8.88. The lowest BCUT2D eigenvalue weighted by molar-refractivity contribution is -0.144. The van der Waals surface area contributed by atoms with Crippen molar-refractivity contribution in [1.29, 1.82) is 0 Å². The summed E-state index contributed by atoms with van der Waals surface area (Å²) in [5.74, 6) is 1.11. The van der Waals surface area contributed by atoms with E-state index in [1.54, 1.807) is 18.7 Å². The van der Waals surface area contributed by atoms with E-state index in [-0.39, 0.29) is 13.2 Å². The van der Waals surface area contributed by atoms with E-state index in [0.717, 1.165) is 18.4 Å². The summed E-state index contributed by atoms with van der Waals surface area (Å²) in [7, 11) is 0. The Kier molecular flexibility index (Phi) is 9.58. The number of thioether (sulfide) groups is 1. The molecule has 0 saturated carbocycles. The fourth-order valence-electron chi connectivity index (χ4n) is 3.24. The van der Waals surface area contributed by atoms with Gasteiger partial charge in [-0.05, 0) is 37.2 Å². The molecule has 1 aliphatic rings. The molecule has 1 N–H and O–H groups in total. The lowest BCUT2D eigenvalue weighted by atomic mass is 9.86. The number of rotatable bonds is 9. The Morgan fingerprint density at radius 3 is 2.59 bits per heavy atom. The molecule has 160 valence electrons. The van der Waals surface area contributed by atoms with E-state index in [4.69, 9.17) is 9.47 Å². The van der Waals surface area contributed by atoms with Crippen LogP contribution in [0.25, 0.3) is 0 Å². The molecule has 0 saturated heterocycles. The van der Waals surface area contributed by atoms with Gasteiger partial charge in [-0.1, -0.05) is 62.8 Å². The highest BCUT2D eigenvalue weighted by molar-refractivity contribution is 8.00. The Bertz CT molecular complexity index is 689. The predicted molar refractivity (Wildman–Crippen MR) is 118 cm³/mol. The van der Waals surface area contributed by atoms with Crippen LogP contribution in [0.1, 0.15) is 46.1 Å². The van der Waals surface area contributed by atoms with Crippen molar-refractivity contribution in [2.45, 2.75) is 58.4 Å². The van der Waals surface area contributed by atoms with Crippen LogP contribution in [0.4, 0.5) is 4.79 Å². The Hall–Kier alpha value is -1.95. The van der Waals surface area contributed by atoms with Gasteiger partial charge in [-0.2, -0.15) is 11.8 Å². The first-order valence-corrected chi connectivity index (χ1v) is 11.4. The van der Waals surface area contributed by atoms with Gasteiger partial charge in [0.2, 0.25) is 0 Å². The zero-order valence-corrected chi connectivity index (χ0v) is 18.7. The summed E-state index contributed by atoms with van der Waals surface area (Å²) in [5, 5.41) is 3.02. The average molecular weight is 420 g/mol. The Morgan fingerprint density at radius 1 is 1.21 bits per heavy atom. The number of allylic oxidation sites excluding steroid dienone is 1. The van der Waals surface area contributed by atoms with Crippen molar-refractivity contribution in [3.05, 3.63) is 47.5 Å². The van der Waals surface area contributed by atoms with Crippen LogP contribution in [-0.2, 0) is 20.9 Å². The summed E-state index contributed by atoms with van der Waals surface area (Å²) in [6, 6.07) is 8.72. The predicted octanol–water partition coefficient (Wildman–Crippen LogP) is 4.96. The highest BCUT2D eigenvalue weighted by Crippen LogP contribution is 2.34. The van der Waals surface area contributed by atoms with Gasteiger partial charge in [-0.15, -0.1) is 0 Å². The lowest BCUT2D eigenvalue weighted by Gasteiger charge is -2.29. The zero-order valence-electron chi connectivity index (χ0n) is 17.9. The molecule has 1 aliphatic carbocycles. The number of carbonyl (C=O) groups excluding carboxylic acids is 2. The zero-order chi connectivity index (χ0) is 21.2. The van der Waals surface area contributed by atoms with E-state index < -0.39 is 18.1 Å². The number of hydrogen-bond donors (Lipinski definition) is 1. The molecule has 3 atom stereocenters. The molecule has 0 spiro atoms. The van der Waals surface area contributed by atoms with Gasteiger partial charge in [0, 0.05) is 11.0 Å². The van der Waals surface area contributed by atoms with Crippen molar-refractivity contribution < 1.29 is 19.1 Å². The molecule has 0 aliphatic heterocycles. The van der Waals surface area contributed by atoms with Gasteiger partial charge < -0.3 is 14.8 Å². The summed E-state index contributed by atoms with van der Waals surface area (Å²) >= 11 is 1.70. The summed E-state index contributed by atoms with van der Waals surface area (Å²) in [6.07, 6.45) is 4.03. The third-order valence-electron chi connectivity index (χ3n) is 5.10. The van der Waals surface area contributed by atoms with E-state index in [9.17, 15) is 9.59 Å². The highest BCUT2D eigenvalue weighted by atomic mass is 32.2. The quantitative estimate of drug-likeness (QED) is 0.453. The number of benzene rings is 1. The molecule has 1 aromatic carbocycles. The lowest BCUT2D eigenvalue weighted by Crippen LogP contribution is -2.44. The minimum absolute atomic E-state index is 0.162. The van der Waals surface area contributed by atoms with Crippen molar-refractivity contribution in [1.82, 2.24) is 5.32 Å². The molecule has 0 heterocycles. The minimum atomic E-state index is -0.728. The maximum absolute atomic E-state index is 12.4. The van der Waals surface area contributed by atoms with Crippen LogP contribution in [0.5, 0.6) is 0 Å². The third kappa shape index (κ3) is 7.77. The molecular weight excluding hydrogens is 386 g/mol. The van der Waals surface area contributed by atoms with E-state index in [0.29, 0.717) is 22.8 Å². The molecule has 29 heavy (non-hydrogen) atoms. The van der Waals surface area contributed by atoms with Crippen LogP contribution in [0.15, 0.2) is 42.0 Å². The summed E-state index contributed by atoms with van der Waals surface area (Å²) in [4.78, 5) is 24.6. The van der Waals surface area contributed by atoms with Crippen molar-refractivity contribution in [3.8, 4) is 0 Å². The van der Waals surface area contributed by atoms with Crippen LogP contribution in [0.3, 0.4) is 0 Å². The van der Waals surface area contributed by atoms with Crippen LogP contribution >= 0.6 is 11.8 Å². The van der Waals surface area contributed by atoms with Gasteiger partial charge in [0.05, 0.1) is 6.61 Å². The van der Waals surface area contributed by atoms with Crippen molar-refractivity contribution in [2.24, 2.45) is 11.8 Å². The number of carbonyl (C=O) groups is 2. The molecule has 0 bridgehead atoms. The van der Waals surface area contributed by atoms with Gasteiger partial charge in [-0.25, -0.2) is 9.59 Å². The normalized spacial score (nSPS) is 20.0. The second kappa shape index (κ2) is 11.9. The first-order chi connectivity index (χ1) is 13.9. The second-order valence-corrected chi connectivity index (χ2v) is 8.93. The SMILES string of the molecule is CCOC(=O)[C@H](CSC1C=C(C(C)C)CCC1C)NC(=O)OCc1ccccc1. The Morgan fingerprint density at radius 2 is 1.93 bits per heavy atom. The van der Waals surface area contributed by atoms with Gasteiger partial charge >= 0.3 is 12.1 Å². The average Bonchev–Trinajstić information content (AvgIpc) is 2.71.